The minimum absolute atomic E-state index is 0.198. The average molecular weight is 518 g/mol. The van der Waals surface area contributed by atoms with Crippen LogP contribution in [0.4, 0.5) is 5.69 Å². The van der Waals surface area contributed by atoms with Gasteiger partial charge >= 0.3 is 0 Å². The van der Waals surface area contributed by atoms with Crippen LogP contribution in [-0.4, -0.2) is 25.7 Å². The third-order valence-electron chi connectivity index (χ3n) is 6.72. The zero-order valence-corrected chi connectivity index (χ0v) is 20.9. The van der Waals surface area contributed by atoms with Gasteiger partial charge in [0.1, 0.15) is 0 Å². The molecule has 4 heterocycles. The first kappa shape index (κ1) is 23.9. The molecule has 0 saturated heterocycles. The maximum Gasteiger partial charge on any atom is 0.282 e. The highest BCUT2D eigenvalue weighted by Crippen LogP contribution is 2.28. The number of carbonyl (C=O) groups excluding carboxylic acids is 1. The summed E-state index contributed by atoms with van der Waals surface area (Å²) in [5, 5.41) is 23.5. The van der Waals surface area contributed by atoms with Gasteiger partial charge < -0.3 is 15.1 Å². The summed E-state index contributed by atoms with van der Waals surface area (Å²) in [5.74, 6) is -0.695. The van der Waals surface area contributed by atoms with Crippen molar-refractivity contribution in [1.29, 1.82) is 0 Å². The summed E-state index contributed by atoms with van der Waals surface area (Å²) in [5.41, 5.74) is 2.23. The van der Waals surface area contributed by atoms with Crippen LogP contribution in [-0.2, 0) is 0 Å². The maximum atomic E-state index is 13.1. The number of hydrogen-bond acceptors (Lipinski definition) is 6. The predicted molar refractivity (Wildman–Crippen MR) is 145 cm³/mol. The molecule has 0 fully saturated rings. The van der Waals surface area contributed by atoms with E-state index in [2.05, 4.69) is 20.2 Å². The van der Waals surface area contributed by atoms with Crippen LogP contribution in [0.2, 0.25) is 0 Å². The van der Waals surface area contributed by atoms with E-state index in [0.717, 1.165) is 0 Å². The minimum atomic E-state index is -0.422. The second-order valence-electron chi connectivity index (χ2n) is 9.06. The van der Waals surface area contributed by atoms with Crippen molar-refractivity contribution >= 4 is 34.8 Å². The Morgan fingerprint density at radius 3 is 2.21 bits per heavy atom. The van der Waals surface area contributed by atoms with Gasteiger partial charge in [-0.2, -0.15) is 5.01 Å². The number of fused-ring (bicyclic) bond motifs is 2. The Balaban J connectivity index is 1.40. The van der Waals surface area contributed by atoms with E-state index in [1.807, 2.05) is 12.1 Å². The molecule has 1 aliphatic heterocycles. The van der Waals surface area contributed by atoms with Crippen LogP contribution in [0.25, 0.3) is 28.9 Å². The molecule has 1 amide bonds. The van der Waals surface area contributed by atoms with E-state index >= 15 is 0 Å². The molecule has 0 radical (unpaired) electrons. The van der Waals surface area contributed by atoms with Crippen LogP contribution in [0.1, 0.15) is 27.0 Å². The molecule has 0 bridgehead atoms. The molecule has 10 heteroatoms. The maximum absolute atomic E-state index is 13.1. The van der Waals surface area contributed by atoms with Crippen molar-refractivity contribution < 1.29 is 9.90 Å². The zero-order chi connectivity index (χ0) is 27.3. The molecular formula is C29H21N6O4-. The van der Waals surface area contributed by atoms with Crippen molar-refractivity contribution in [2.45, 2.75) is 13.8 Å². The molecule has 192 valence electrons. The second kappa shape index (κ2) is 9.10. The molecule has 1 aliphatic rings. The van der Waals surface area contributed by atoms with Gasteiger partial charge in [-0.25, -0.2) is 4.68 Å². The summed E-state index contributed by atoms with van der Waals surface area (Å²) in [7, 11) is 0. The first-order valence-corrected chi connectivity index (χ1v) is 12.1. The number of nitrogens with zero attached hydrogens (tertiary/aromatic N) is 4. The van der Waals surface area contributed by atoms with Gasteiger partial charge in [0.25, 0.3) is 17.0 Å². The van der Waals surface area contributed by atoms with E-state index in [0.29, 0.717) is 33.5 Å². The molecule has 0 spiro atoms. The van der Waals surface area contributed by atoms with Crippen LogP contribution in [0.5, 0.6) is 5.88 Å². The lowest BCUT2D eigenvalue weighted by Crippen LogP contribution is -2.38. The summed E-state index contributed by atoms with van der Waals surface area (Å²) in [6.45, 7) is 3.36. The largest absolute Gasteiger partial charge is 0.858 e. The highest BCUT2D eigenvalue weighted by Gasteiger charge is 2.28. The van der Waals surface area contributed by atoms with E-state index in [1.54, 1.807) is 68.5 Å². The third-order valence-corrected chi connectivity index (χ3v) is 6.72. The summed E-state index contributed by atoms with van der Waals surface area (Å²) < 4.78 is 1.25. The number of anilines is 1. The normalized spacial score (nSPS) is 13.4. The average Bonchev–Trinajstić information content (AvgIpc) is 3.44. The first-order valence-electron chi connectivity index (χ1n) is 12.1. The van der Waals surface area contributed by atoms with E-state index in [-0.39, 0.29) is 33.7 Å². The molecule has 0 atom stereocenters. The molecule has 2 N–H and O–H groups in total. The van der Waals surface area contributed by atoms with Crippen molar-refractivity contribution in [3.8, 4) is 11.6 Å². The summed E-state index contributed by atoms with van der Waals surface area (Å²) >= 11 is 0. The van der Waals surface area contributed by atoms with Crippen molar-refractivity contribution in [3.05, 3.63) is 120 Å². The standard InChI is InChI=1S/C29H22N6O4/c1-16-20(26(36)30-24-22(16)28(38)34(32-24)18-10-5-3-6-11-18)14-9-15-21-17(2)23-25(31-27(21)37)33-35(29(23)39)19-12-7-4-8-13-19/h3-15,38H,1-2H3,(H,30,32,36)(H,31,33,37)/p-1/b14-9?,21-15+. The third kappa shape index (κ3) is 3.86. The molecule has 0 unspecified atom stereocenters. The van der Waals surface area contributed by atoms with Crippen LogP contribution < -0.4 is 31.9 Å². The highest BCUT2D eigenvalue weighted by molar-refractivity contribution is 6.07. The topological polar surface area (TPSA) is 139 Å². The number of aromatic nitrogens is 4. The number of carbonyl (C=O) groups is 1. The van der Waals surface area contributed by atoms with E-state index in [1.165, 1.54) is 21.8 Å². The quantitative estimate of drug-likeness (QED) is 0.374. The number of aryl methyl sites for hydroxylation is 1. The number of aromatic amines is 2. The van der Waals surface area contributed by atoms with Gasteiger partial charge in [-0.1, -0.05) is 42.5 Å². The van der Waals surface area contributed by atoms with E-state index in [9.17, 15) is 19.5 Å². The van der Waals surface area contributed by atoms with E-state index < -0.39 is 11.1 Å². The Morgan fingerprint density at radius 1 is 0.846 bits per heavy atom. The number of hydrogen-bond donors (Lipinski definition) is 2. The smallest absolute Gasteiger partial charge is 0.282 e. The van der Waals surface area contributed by atoms with Crippen molar-refractivity contribution in [1.82, 2.24) is 19.7 Å². The fourth-order valence-electron chi connectivity index (χ4n) is 4.75. The van der Waals surface area contributed by atoms with Gasteiger partial charge in [0.2, 0.25) is 0 Å². The van der Waals surface area contributed by atoms with Crippen molar-refractivity contribution in [3.63, 3.8) is 0 Å². The van der Waals surface area contributed by atoms with Gasteiger partial charge in [0.15, 0.2) is 11.1 Å². The second-order valence-corrected chi connectivity index (χ2v) is 9.06. The number of pyridine rings is 2. The summed E-state index contributed by atoms with van der Waals surface area (Å²) in [6.07, 6.45) is 4.61. The van der Waals surface area contributed by atoms with Crippen LogP contribution in [0.15, 0.2) is 81.4 Å². The number of para-hydroxylation sites is 2. The van der Waals surface area contributed by atoms with E-state index in [4.69, 9.17) is 0 Å². The van der Waals surface area contributed by atoms with Crippen LogP contribution in [0, 0.1) is 13.8 Å². The number of amides is 1. The molecule has 0 aliphatic carbocycles. The number of H-pyrrole nitrogens is 2. The van der Waals surface area contributed by atoms with Crippen LogP contribution >= 0.6 is 0 Å². The van der Waals surface area contributed by atoms with Gasteiger partial charge in [0.05, 0.1) is 16.9 Å². The van der Waals surface area contributed by atoms with Crippen LogP contribution in [0.3, 0.4) is 0 Å². The molecule has 5 aromatic rings. The molecular weight excluding hydrogens is 496 g/mol. The van der Waals surface area contributed by atoms with Crippen molar-refractivity contribution in [2.75, 3.05) is 5.01 Å². The lowest BCUT2D eigenvalue weighted by atomic mass is 10.1. The zero-order valence-electron chi connectivity index (χ0n) is 20.9. The minimum Gasteiger partial charge on any atom is -0.858 e. The Kier molecular flexibility index (Phi) is 5.57. The Labute approximate surface area is 220 Å². The Hall–Kier alpha value is -5.51. The molecule has 2 aromatic carbocycles. The summed E-state index contributed by atoms with van der Waals surface area (Å²) in [4.78, 5) is 44.2. The van der Waals surface area contributed by atoms with Gasteiger partial charge in [0, 0.05) is 22.0 Å². The van der Waals surface area contributed by atoms with Gasteiger partial charge in [-0.05, 0) is 61.4 Å². The number of allylic oxidation sites excluding steroid dienone is 1. The molecule has 39 heavy (non-hydrogen) atoms. The predicted octanol–water partition coefficient (Wildman–Crippen LogP) is 1.78. The fraction of sp³-hybridized carbons (Fsp3) is 0.0690. The molecule has 3 aromatic heterocycles. The van der Waals surface area contributed by atoms with Gasteiger partial charge in [-0.3, -0.25) is 14.4 Å². The first-order chi connectivity index (χ1) is 18.8. The fourth-order valence-corrected chi connectivity index (χ4v) is 4.75. The monoisotopic (exact) mass is 517 g/mol. The Morgan fingerprint density at radius 2 is 1.51 bits per heavy atom. The summed E-state index contributed by atoms with van der Waals surface area (Å²) in [6, 6.07) is 17.9. The highest BCUT2D eigenvalue weighted by atomic mass is 16.3. The Bertz CT molecular complexity index is 2060. The number of benzene rings is 2. The van der Waals surface area contributed by atoms with Gasteiger partial charge in [-0.15, -0.1) is 10.2 Å². The SMILES string of the molecule is Cc1c2c([nH]c(=O)/c1=C/C=Cc1c(C)c3c([O-])n(-c4ccccc4)nc3[nH]c1=O)=NN(c1ccccc1)C2=O. The molecule has 6 rings (SSSR count). The molecule has 10 nitrogen and oxygen atoms in total. The lowest BCUT2D eigenvalue weighted by molar-refractivity contribution is -0.275. The molecule has 0 saturated carbocycles. The lowest BCUT2D eigenvalue weighted by Gasteiger charge is -2.11. The number of rotatable bonds is 4. The van der Waals surface area contributed by atoms with Crippen molar-refractivity contribution in [2.24, 2.45) is 5.10 Å². The number of nitrogens with one attached hydrogen (secondary N) is 2.